The molecule has 1 aromatic carbocycles. The van der Waals surface area contributed by atoms with Crippen molar-refractivity contribution in [2.45, 2.75) is 63.8 Å². The van der Waals surface area contributed by atoms with Crippen LogP contribution in [0.4, 0.5) is 0 Å². The Morgan fingerprint density at radius 1 is 1.12 bits per heavy atom. The summed E-state index contributed by atoms with van der Waals surface area (Å²) in [6.45, 7) is 0. The zero-order valence-corrected chi connectivity index (χ0v) is 14.6. The minimum Gasteiger partial charge on any atom is -0.504 e. The number of phenolic OH excluding ortho intramolecular Hbond substituents is 1. The fourth-order valence-electron chi connectivity index (χ4n) is 3.77. The third-order valence-electron chi connectivity index (χ3n) is 5.50. The maximum atomic E-state index is 12.3. The minimum atomic E-state index is 0.0594. The lowest BCUT2D eigenvalue weighted by Gasteiger charge is -2.29. The number of rotatable bonds is 7. The van der Waals surface area contributed by atoms with Gasteiger partial charge >= 0.3 is 0 Å². The van der Waals surface area contributed by atoms with E-state index >= 15 is 0 Å². The molecule has 0 atom stereocenters. The topological polar surface area (TPSA) is 58.6 Å². The third-order valence-corrected chi connectivity index (χ3v) is 5.50. The molecule has 0 bridgehead atoms. The van der Waals surface area contributed by atoms with E-state index < -0.39 is 0 Å². The molecule has 1 amide bonds. The first-order valence-corrected chi connectivity index (χ1v) is 9.29. The van der Waals surface area contributed by atoms with Crippen molar-refractivity contribution in [1.29, 1.82) is 0 Å². The summed E-state index contributed by atoms with van der Waals surface area (Å²) in [5.41, 5.74) is 0.861. The highest BCUT2D eigenvalue weighted by Gasteiger charge is 2.26. The van der Waals surface area contributed by atoms with E-state index in [4.69, 9.17) is 4.74 Å². The van der Waals surface area contributed by atoms with Crippen LogP contribution in [0.3, 0.4) is 0 Å². The fraction of sp³-hybridized carbons (Fsp3) is 0.650. The molecule has 2 N–H and O–H groups in total. The SMILES string of the molecule is COc1cc(CC(=O)NC2CCC(CCC3CC3)CC2)ccc1O. The third kappa shape index (κ3) is 4.89. The number of methoxy groups -OCH3 is 1. The molecule has 2 fully saturated rings. The molecule has 0 saturated heterocycles. The van der Waals surface area contributed by atoms with E-state index in [9.17, 15) is 9.90 Å². The first-order chi connectivity index (χ1) is 11.6. The van der Waals surface area contributed by atoms with Gasteiger partial charge in [0.25, 0.3) is 0 Å². The van der Waals surface area contributed by atoms with Gasteiger partial charge in [-0.3, -0.25) is 4.79 Å². The van der Waals surface area contributed by atoms with E-state index in [1.165, 1.54) is 45.6 Å². The van der Waals surface area contributed by atoms with Gasteiger partial charge in [0, 0.05) is 6.04 Å². The predicted octanol–water partition coefficient (Wildman–Crippen LogP) is 3.81. The van der Waals surface area contributed by atoms with Crippen molar-refractivity contribution in [2.24, 2.45) is 11.8 Å². The molecule has 24 heavy (non-hydrogen) atoms. The second-order valence-electron chi connectivity index (χ2n) is 7.49. The Labute approximate surface area is 144 Å². The Bertz CT molecular complexity index is 560. The first-order valence-electron chi connectivity index (χ1n) is 9.29. The van der Waals surface area contributed by atoms with Gasteiger partial charge < -0.3 is 15.2 Å². The van der Waals surface area contributed by atoms with Crippen LogP contribution in [0.25, 0.3) is 0 Å². The smallest absolute Gasteiger partial charge is 0.224 e. The van der Waals surface area contributed by atoms with Crippen molar-refractivity contribution in [3.63, 3.8) is 0 Å². The molecule has 132 valence electrons. The quantitative estimate of drug-likeness (QED) is 0.799. The second kappa shape index (κ2) is 7.91. The lowest BCUT2D eigenvalue weighted by atomic mass is 9.83. The Kier molecular flexibility index (Phi) is 5.64. The molecule has 2 aliphatic rings. The number of carbonyl (C=O) groups excluding carboxylic acids is 1. The molecule has 0 aromatic heterocycles. The summed E-state index contributed by atoms with van der Waals surface area (Å²) in [4.78, 5) is 12.3. The summed E-state index contributed by atoms with van der Waals surface area (Å²) in [5.74, 6) is 2.48. The predicted molar refractivity (Wildman–Crippen MR) is 94.2 cm³/mol. The van der Waals surface area contributed by atoms with Crippen molar-refractivity contribution in [3.05, 3.63) is 23.8 Å². The van der Waals surface area contributed by atoms with Crippen LogP contribution in [0, 0.1) is 11.8 Å². The van der Waals surface area contributed by atoms with Crippen molar-refractivity contribution in [2.75, 3.05) is 7.11 Å². The van der Waals surface area contributed by atoms with Gasteiger partial charge in [0.15, 0.2) is 11.5 Å². The standard InChI is InChI=1S/C20H29NO3/c1-24-19-12-16(8-11-18(19)22)13-20(23)21-17-9-6-15(7-10-17)5-4-14-2-3-14/h8,11-12,14-15,17,22H,2-7,9-10,13H2,1H3,(H,21,23). The number of ether oxygens (including phenoxy) is 1. The highest BCUT2D eigenvalue weighted by molar-refractivity contribution is 5.79. The number of hydrogen-bond donors (Lipinski definition) is 2. The molecule has 0 unspecified atom stereocenters. The van der Waals surface area contributed by atoms with Crippen LogP contribution in [-0.2, 0) is 11.2 Å². The zero-order chi connectivity index (χ0) is 16.9. The van der Waals surface area contributed by atoms with Gasteiger partial charge in [-0.05, 0) is 55.2 Å². The molecule has 2 saturated carbocycles. The summed E-state index contributed by atoms with van der Waals surface area (Å²) in [7, 11) is 1.51. The van der Waals surface area contributed by atoms with E-state index in [1.54, 1.807) is 18.2 Å². The largest absolute Gasteiger partial charge is 0.504 e. The number of hydrogen-bond acceptors (Lipinski definition) is 3. The lowest BCUT2D eigenvalue weighted by Crippen LogP contribution is -2.38. The normalized spacial score (nSPS) is 23.7. The molecular formula is C20H29NO3. The number of aromatic hydroxyl groups is 1. The molecule has 0 heterocycles. The maximum absolute atomic E-state index is 12.3. The first kappa shape index (κ1) is 17.1. The van der Waals surface area contributed by atoms with Crippen LogP contribution in [0.5, 0.6) is 11.5 Å². The minimum absolute atomic E-state index is 0.0594. The average molecular weight is 331 g/mol. The van der Waals surface area contributed by atoms with E-state index in [0.717, 1.165) is 30.2 Å². The van der Waals surface area contributed by atoms with Crippen molar-refractivity contribution in [1.82, 2.24) is 5.32 Å². The summed E-state index contributed by atoms with van der Waals surface area (Å²) >= 11 is 0. The molecule has 0 spiro atoms. The summed E-state index contributed by atoms with van der Waals surface area (Å²) < 4.78 is 5.09. The maximum Gasteiger partial charge on any atom is 0.224 e. The number of benzene rings is 1. The average Bonchev–Trinajstić information content (AvgIpc) is 3.40. The van der Waals surface area contributed by atoms with Gasteiger partial charge in [0.2, 0.25) is 5.91 Å². The number of carbonyl (C=O) groups is 1. The van der Waals surface area contributed by atoms with Crippen LogP contribution in [0.1, 0.15) is 56.9 Å². The van der Waals surface area contributed by atoms with Crippen LogP contribution in [0.2, 0.25) is 0 Å². The van der Waals surface area contributed by atoms with Gasteiger partial charge in [0.05, 0.1) is 13.5 Å². The number of phenols is 1. The molecule has 4 nitrogen and oxygen atoms in total. The summed E-state index contributed by atoms with van der Waals surface area (Å²) in [5, 5.41) is 12.8. The van der Waals surface area contributed by atoms with Crippen molar-refractivity contribution in [3.8, 4) is 11.5 Å². The molecule has 4 heteroatoms. The van der Waals surface area contributed by atoms with E-state index in [0.29, 0.717) is 18.2 Å². The van der Waals surface area contributed by atoms with Crippen molar-refractivity contribution >= 4 is 5.91 Å². The molecule has 2 aliphatic carbocycles. The Morgan fingerprint density at radius 3 is 2.33 bits per heavy atom. The van der Waals surface area contributed by atoms with Crippen molar-refractivity contribution < 1.29 is 14.6 Å². The molecule has 3 rings (SSSR count). The van der Waals surface area contributed by atoms with E-state index in [-0.39, 0.29) is 11.7 Å². The molecule has 1 aromatic rings. The number of nitrogens with one attached hydrogen (secondary N) is 1. The zero-order valence-electron chi connectivity index (χ0n) is 14.6. The van der Waals surface area contributed by atoms with Gasteiger partial charge in [0.1, 0.15) is 0 Å². The van der Waals surface area contributed by atoms with E-state index in [2.05, 4.69) is 5.32 Å². The second-order valence-corrected chi connectivity index (χ2v) is 7.49. The van der Waals surface area contributed by atoms with Crippen LogP contribution >= 0.6 is 0 Å². The molecular weight excluding hydrogens is 302 g/mol. The van der Waals surface area contributed by atoms with Gasteiger partial charge in [-0.2, -0.15) is 0 Å². The molecule has 0 aliphatic heterocycles. The summed E-state index contributed by atoms with van der Waals surface area (Å²) in [6, 6.07) is 5.40. The monoisotopic (exact) mass is 331 g/mol. The Morgan fingerprint density at radius 2 is 1.75 bits per heavy atom. The Hall–Kier alpha value is -1.71. The highest BCUT2D eigenvalue weighted by Crippen LogP contribution is 2.37. The van der Waals surface area contributed by atoms with Gasteiger partial charge in [-0.25, -0.2) is 0 Å². The highest BCUT2D eigenvalue weighted by atomic mass is 16.5. The van der Waals surface area contributed by atoms with Gasteiger partial charge in [-0.1, -0.05) is 31.7 Å². The Balaban J connectivity index is 1.40. The van der Waals surface area contributed by atoms with Gasteiger partial charge in [-0.15, -0.1) is 0 Å². The van der Waals surface area contributed by atoms with E-state index in [1.807, 2.05) is 0 Å². The number of amides is 1. The van der Waals surface area contributed by atoms with Crippen LogP contribution in [-0.4, -0.2) is 24.2 Å². The fourth-order valence-corrected chi connectivity index (χ4v) is 3.77. The molecule has 0 radical (unpaired) electrons. The lowest BCUT2D eigenvalue weighted by molar-refractivity contribution is -0.121. The van der Waals surface area contributed by atoms with Crippen LogP contribution in [0.15, 0.2) is 18.2 Å². The summed E-state index contributed by atoms with van der Waals surface area (Å²) in [6.07, 6.45) is 10.8. The van der Waals surface area contributed by atoms with Crippen LogP contribution < -0.4 is 10.1 Å².